The number of nitrogens with zero attached hydrogens (tertiary/aromatic N) is 1. The van der Waals surface area contributed by atoms with Crippen LogP contribution >= 0.6 is 0 Å². The van der Waals surface area contributed by atoms with Crippen LogP contribution in [0.3, 0.4) is 0 Å². The molecule has 0 atom stereocenters. The number of hydrogen-bond acceptors (Lipinski definition) is 1. The maximum atomic E-state index is 2.54. The maximum absolute atomic E-state index is 2.54. The van der Waals surface area contributed by atoms with Crippen molar-refractivity contribution in [2.45, 2.75) is 57.8 Å². The fourth-order valence-corrected chi connectivity index (χ4v) is 12.0. The van der Waals surface area contributed by atoms with Gasteiger partial charge in [-0.2, -0.15) is 0 Å². The van der Waals surface area contributed by atoms with Gasteiger partial charge in [-0.1, -0.05) is 211 Å². The summed E-state index contributed by atoms with van der Waals surface area (Å²) in [5.74, 6) is 0. The van der Waals surface area contributed by atoms with Gasteiger partial charge in [-0.05, 0) is 125 Å². The second-order valence-electron chi connectivity index (χ2n) is 19.6. The first-order valence-electron chi connectivity index (χ1n) is 22.9. The van der Waals surface area contributed by atoms with Crippen molar-refractivity contribution >= 4 is 17.1 Å². The van der Waals surface area contributed by atoms with Gasteiger partial charge in [0.25, 0.3) is 0 Å². The molecule has 0 radical (unpaired) electrons. The summed E-state index contributed by atoms with van der Waals surface area (Å²) in [6, 6.07) is 75.1. The van der Waals surface area contributed by atoms with Crippen LogP contribution in [0, 0.1) is 0 Å². The first-order chi connectivity index (χ1) is 31.0. The summed E-state index contributed by atoms with van der Waals surface area (Å²) in [7, 11) is 0. The van der Waals surface area contributed by atoms with Crippen LogP contribution in [-0.4, -0.2) is 0 Å². The van der Waals surface area contributed by atoms with Crippen LogP contribution in [0.1, 0.15) is 74.9 Å². The Morgan fingerprint density at radius 2 is 0.672 bits per heavy atom. The smallest absolute Gasteiger partial charge is 0.0540 e. The Morgan fingerprint density at radius 3 is 1.31 bits per heavy atom. The third-order valence-electron chi connectivity index (χ3n) is 15.1. The zero-order valence-corrected chi connectivity index (χ0v) is 37.5. The van der Waals surface area contributed by atoms with Crippen LogP contribution in [0.5, 0.6) is 0 Å². The van der Waals surface area contributed by atoms with Crippen molar-refractivity contribution in [2.75, 3.05) is 4.90 Å². The van der Waals surface area contributed by atoms with Crippen molar-refractivity contribution in [3.8, 4) is 66.8 Å². The van der Waals surface area contributed by atoms with Crippen molar-refractivity contribution in [1.29, 1.82) is 0 Å². The summed E-state index contributed by atoms with van der Waals surface area (Å²) in [5.41, 5.74) is 26.8. The molecule has 0 spiro atoms. The second-order valence-corrected chi connectivity index (χ2v) is 19.6. The van der Waals surface area contributed by atoms with Gasteiger partial charge in [0.05, 0.1) is 11.4 Å². The molecule has 64 heavy (non-hydrogen) atoms. The van der Waals surface area contributed by atoms with Crippen LogP contribution in [0.15, 0.2) is 200 Å². The molecule has 3 aliphatic carbocycles. The lowest BCUT2D eigenvalue weighted by atomic mass is 9.78. The van der Waals surface area contributed by atoms with Crippen molar-refractivity contribution < 1.29 is 0 Å². The Labute approximate surface area is 378 Å². The molecule has 1 nitrogen and oxygen atoms in total. The van der Waals surface area contributed by atoms with Crippen molar-refractivity contribution in [3.63, 3.8) is 0 Å². The molecule has 0 amide bonds. The number of benzene rings is 9. The largest absolute Gasteiger partial charge is 0.310 e. The molecule has 0 N–H and O–H groups in total. The molecule has 0 saturated carbocycles. The molecule has 0 saturated heterocycles. The number of fused-ring (bicyclic) bond motifs is 9. The summed E-state index contributed by atoms with van der Waals surface area (Å²) < 4.78 is 0. The lowest BCUT2D eigenvalue weighted by Crippen LogP contribution is -2.21. The Kier molecular flexibility index (Phi) is 8.35. The lowest BCUT2D eigenvalue weighted by Gasteiger charge is -2.33. The quantitative estimate of drug-likeness (QED) is 0.161. The summed E-state index contributed by atoms with van der Waals surface area (Å²) >= 11 is 0. The van der Waals surface area contributed by atoms with Gasteiger partial charge in [-0.15, -0.1) is 0 Å². The van der Waals surface area contributed by atoms with E-state index in [2.05, 4.69) is 247 Å². The predicted octanol–water partition coefficient (Wildman–Crippen LogP) is 17.1. The minimum Gasteiger partial charge on any atom is -0.310 e. The van der Waals surface area contributed by atoms with Crippen LogP contribution in [0.25, 0.3) is 66.8 Å². The standard InChI is InChI=1S/C63H51N/c1-61(2)53-28-13-9-22-46(53)49-38-35-41(39-56(49)61)44-20-12-16-31-57(44)64(58-32-18-27-52-48-24-11-15-30-55(48)63(5,6)60(52)58)42-36-33-40(34-37-42)43-19-7-8-21-45(43)50-25-17-26-51-47-23-10-14-29-54(47)62(3,4)59(50)51/h7-39H,1-6H3. The lowest BCUT2D eigenvalue weighted by molar-refractivity contribution is 0.660. The van der Waals surface area contributed by atoms with Crippen LogP contribution < -0.4 is 4.90 Å². The number of anilines is 3. The Morgan fingerprint density at radius 1 is 0.266 bits per heavy atom. The second kappa shape index (κ2) is 13.9. The summed E-state index contributed by atoms with van der Waals surface area (Å²) in [6.07, 6.45) is 0. The van der Waals surface area contributed by atoms with E-state index in [-0.39, 0.29) is 16.2 Å². The van der Waals surface area contributed by atoms with Crippen molar-refractivity contribution in [2.24, 2.45) is 0 Å². The predicted molar refractivity (Wildman–Crippen MR) is 270 cm³/mol. The maximum Gasteiger partial charge on any atom is 0.0540 e. The molecule has 12 rings (SSSR count). The van der Waals surface area contributed by atoms with Gasteiger partial charge < -0.3 is 4.90 Å². The van der Waals surface area contributed by atoms with E-state index in [0.29, 0.717) is 0 Å². The molecule has 0 aliphatic heterocycles. The molecule has 0 aromatic heterocycles. The number of hydrogen-bond donors (Lipinski definition) is 0. The van der Waals surface area contributed by atoms with Crippen molar-refractivity contribution in [3.05, 3.63) is 234 Å². The molecule has 0 heterocycles. The highest BCUT2D eigenvalue weighted by Gasteiger charge is 2.40. The monoisotopic (exact) mass is 821 g/mol. The number of para-hydroxylation sites is 1. The minimum atomic E-state index is -0.207. The molecule has 1 heteroatoms. The van der Waals surface area contributed by atoms with E-state index in [1.165, 1.54) is 106 Å². The molecular weight excluding hydrogens is 771 g/mol. The van der Waals surface area contributed by atoms with E-state index in [1.54, 1.807) is 0 Å². The van der Waals surface area contributed by atoms with E-state index >= 15 is 0 Å². The Hall–Kier alpha value is -7.22. The van der Waals surface area contributed by atoms with Gasteiger partial charge in [0, 0.05) is 27.5 Å². The number of rotatable bonds is 6. The summed E-state index contributed by atoms with van der Waals surface area (Å²) in [6.45, 7) is 14.3. The highest BCUT2D eigenvalue weighted by atomic mass is 15.1. The van der Waals surface area contributed by atoms with E-state index in [0.717, 1.165) is 11.4 Å². The normalized spacial score (nSPS) is 15.1. The highest BCUT2D eigenvalue weighted by molar-refractivity contribution is 5.97. The third kappa shape index (κ3) is 5.43. The fraction of sp³-hybridized carbons (Fsp3) is 0.143. The van der Waals surface area contributed by atoms with E-state index in [9.17, 15) is 0 Å². The average molecular weight is 822 g/mol. The highest BCUT2D eigenvalue weighted by Crippen LogP contribution is 2.57. The zero-order chi connectivity index (χ0) is 43.5. The topological polar surface area (TPSA) is 3.24 Å². The molecular formula is C63H51N. The third-order valence-corrected chi connectivity index (χ3v) is 15.1. The summed E-state index contributed by atoms with van der Waals surface area (Å²) in [5, 5.41) is 0. The molecule has 9 aromatic rings. The molecule has 308 valence electrons. The zero-order valence-electron chi connectivity index (χ0n) is 37.5. The van der Waals surface area contributed by atoms with Gasteiger partial charge in [-0.3, -0.25) is 0 Å². The Bertz CT molecular complexity index is 3360. The summed E-state index contributed by atoms with van der Waals surface area (Å²) in [4.78, 5) is 2.54. The van der Waals surface area contributed by atoms with Crippen molar-refractivity contribution in [1.82, 2.24) is 0 Å². The van der Waals surface area contributed by atoms with Gasteiger partial charge in [0.2, 0.25) is 0 Å². The molecule has 9 aromatic carbocycles. The SMILES string of the molecule is CC1(C)c2ccccc2-c2ccc(-c3ccccc3N(c3ccc(-c4ccccc4-c4cccc5c4C(C)(C)c4ccccc4-5)cc3)c3cccc4c3C(C)(C)c3ccccc3-4)cc21. The van der Waals surface area contributed by atoms with Crippen LogP contribution in [0.2, 0.25) is 0 Å². The van der Waals surface area contributed by atoms with Gasteiger partial charge in [0.15, 0.2) is 0 Å². The average Bonchev–Trinajstić information content (AvgIpc) is 3.82. The fourth-order valence-electron chi connectivity index (χ4n) is 12.0. The van der Waals surface area contributed by atoms with Gasteiger partial charge >= 0.3 is 0 Å². The van der Waals surface area contributed by atoms with Gasteiger partial charge in [0.1, 0.15) is 0 Å². The van der Waals surface area contributed by atoms with E-state index < -0.39 is 0 Å². The van der Waals surface area contributed by atoms with Crippen LogP contribution in [-0.2, 0) is 16.2 Å². The Balaban J connectivity index is 1.03. The molecule has 0 fully saturated rings. The first kappa shape index (κ1) is 38.5. The molecule has 0 unspecified atom stereocenters. The van der Waals surface area contributed by atoms with E-state index in [1.807, 2.05) is 0 Å². The minimum absolute atomic E-state index is 0.0989. The van der Waals surface area contributed by atoms with Gasteiger partial charge in [-0.25, -0.2) is 0 Å². The van der Waals surface area contributed by atoms with E-state index in [4.69, 9.17) is 0 Å². The van der Waals surface area contributed by atoms with Crippen LogP contribution in [0.4, 0.5) is 17.1 Å². The molecule has 0 bridgehead atoms. The first-order valence-corrected chi connectivity index (χ1v) is 22.9. The molecule has 3 aliphatic rings.